The largest absolute Gasteiger partial charge is 0.481 e. The van der Waals surface area contributed by atoms with E-state index < -0.39 is 85.0 Å². The van der Waals surface area contributed by atoms with Gasteiger partial charge in [-0.15, -0.1) is 0 Å². The van der Waals surface area contributed by atoms with Gasteiger partial charge < -0.3 is 56.3 Å². The van der Waals surface area contributed by atoms with Crippen LogP contribution < -0.4 is 21.3 Å². The molecule has 4 atom stereocenters. The third-order valence-corrected chi connectivity index (χ3v) is 11.8. The monoisotopic (exact) mass is 1000 g/mol. The van der Waals surface area contributed by atoms with Crippen LogP contribution in [0, 0.1) is 11.8 Å². The maximum Gasteiger partial charge on any atom is 0.326 e. The predicted molar refractivity (Wildman–Crippen MR) is 256 cm³/mol. The molecule has 4 amide bonds. The summed E-state index contributed by atoms with van der Waals surface area (Å²) in [7, 11) is 0. The van der Waals surface area contributed by atoms with Crippen LogP contribution in [-0.4, -0.2) is 143 Å². The average molecular weight is 1000 g/mol. The van der Waals surface area contributed by atoms with Crippen molar-refractivity contribution in [2.75, 3.05) is 46.1 Å². The molecule has 0 aromatic heterocycles. The molecule has 21 nitrogen and oxygen atoms in total. The third-order valence-electron chi connectivity index (χ3n) is 11.8. The fourth-order valence-corrected chi connectivity index (χ4v) is 7.54. The summed E-state index contributed by atoms with van der Waals surface area (Å²) in [5.74, 6) is -8.90. The number of aliphatic hydroxyl groups is 1. The van der Waals surface area contributed by atoms with E-state index in [2.05, 4.69) is 21.3 Å². The molecular formula is C49H84N4O17. The Morgan fingerprint density at radius 3 is 1.37 bits per heavy atom. The normalized spacial score (nSPS) is 12.8. The summed E-state index contributed by atoms with van der Waals surface area (Å²) in [5, 5.41) is 56.4. The van der Waals surface area contributed by atoms with E-state index in [-0.39, 0.29) is 95.3 Å². The first kappa shape index (κ1) is 65.0. The highest BCUT2D eigenvalue weighted by atomic mass is 16.5. The van der Waals surface area contributed by atoms with Gasteiger partial charge >= 0.3 is 23.9 Å². The Balaban J connectivity index is 4.14. The van der Waals surface area contributed by atoms with Gasteiger partial charge in [-0.1, -0.05) is 90.4 Å². The fourth-order valence-electron chi connectivity index (χ4n) is 7.54. The molecule has 0 saturated heterocycles. The highest BCUT2D eigenvalue weighted by Crippen LogP contribution is 2.16. The summed E-state index contributed by atoms with van der Waals surface area (Å²) in [4.78, 5) is 119. The molecule has 0 bridgehead atoms. The molecule has 0 radical (unpaired) electrons. The minimum atomic E-state index is -1.40. The van der Waals surface area contributed by atoms with E-state index in [1.54, 1.807) is 0 Å². The zero-order chi connectivity index (χ0) is 52.4. The predicted octanol–water partition coefficient (Wildman–Crippen LogP) is 4.48. The fraction of sp³-hybridized carbons (Fsp3) is 0.796. The minimum absolute atomic E-state index is 0.0238. The van der Waals surface area contributed by atoms with Gasteiger partial charge in [-0.2, -0.15) is 0 Å². The summed E-state index contributed by atoms with van der Waals surface area (Å²) in [6.07, 6.45) is 15.9. The van der Waals surface area contributed by atoms with Crippen molar-refractivity contribution in [1.29, 1.82) is 0 Å². The Bertz CT molecular complexity index is 1560. The average Bonchev–Trinajstić information content (AvgIpc) is 3.31. The summed E-state index contributed by atoms with van der Waals surface area (Å²) in [6, 6.07) is -2.60. The van der Waals surface area contributed by atoms with E-state index in [0.717, 1.165) is 51.4 Å². The van der Waals surface area contributed by atoms with Crippen molar-refractivity contribution in [3.63, 3.8) is 0 Å². The molecule has 0 unspecified atom stereocenters. The zero-order valence-electron chi connectivity index (χ0n) is 41.5. The molecule has 0 aromatic carbocycles. The SMILES string of the molecule is CC[C@@H](CCCCNC(=O)CC[C@H](NC(=O)CC[C@H](CC(=O)COCCOCCNC(=O)CC[C@H](NC(=O)CCCCCCCCCCCCCCCCC(=O)O)C(=O)O)C(=O)O)C(=O)O)C(=O)CO. The van der Waals surface area contributed by atoms with Crippen molar-refractivity contribution < 1.29 is 83.0 Å². The van der Waals surface area contributed by atoms with Gasteiger partial charge in [0.25, 0.3) is 0 Å². The number of carbonyl (C=O) groups excluding carboxylic acids is 6. The topological polar surface area (TPSA) is 338 Å². The van der Waals surface area contributed by atoms with Crippen LogP contribution in [0.2, 0.25) is 0 Å². The van der Waals surface area contributed by atoms with Crippen LogP contribution in [0.15, 0.2) is 0 Å². The molecule has 0 heterocycles. The summed E-state index contributed by atoms with van der Waals surface area (Å²) in [6.45, 7) is 1.43. The first-order chi connectivity index (χ1) is 33.5. The van der Waals surface area contributed by atoms with Gasteiger partial charge in [-0.25, -0.2) is 9.59 Å². The molecule has 0 saturated carbocycles. The van der Waals surface area contributed by atoms with Gasteiger partial charge in [0.05, 0.1) is 25.7 Å². The van der Waals surface area contributed by atoms with Crippen molar-refractivity contribution in [1.82, 2.24) is 21.3 Å². The second-order valence-electron chi connectivity index (χ2n) is 17.7. The van der Waals surface area contributed by atoms with Crippen LogP contribution in [-0.2, 0) is 57.4 Å². The third kappa shape index (κ3) is 37.8. The number of carbonyl (C=O) groups is 10. The van der Waals surface area contributed by atoms with Crippen LogP contribution >= 0.6 is 0 Å². The van der Waals surface area contributed by atoms with Crippen molar-refractivity contribution in [2.45, 2.75) is 192 Å². The molecule has 0 spiro atoms. The van der Waals surface area contributed by atoms with Gasteiger partial charge in [-0.3, -0.25) is 38.4 Å². The highest BCUT2D eigenvalue weighted by Gasteiger charge is 2.26. The number of nitrogens with one attached hydrogen (secondary N) is 4. The number of aliphatic hydroxyl groups excluding tert-OH is 1. The number of amides is 4. The van der Waals surface area contributed by atoms with Gasteiger partial charge in [0.2, 0.25) is 23.6 Å². The van der Waals surface area contributed by atoms with E-state index in [4.69, 9.17) is 19.7 Å². The van der Waals surface area contributed by atoms with Crippen LogP contribution in [0.25, 0.3) is 0 Å². The Morgan fingerprint density at radius 1 is 0.443 bits per heavy atom. The lowest BCUT2D eigenvalue weighted by Crippen LogP contribution is -2.42. The Hall–Kier alpha value is -5.02. The van der Waals surface area contributed by atoms with E-state index in [1.807, 2.05) is 6.92 Å². The maximum absolute atomic E-state index is 12.5. The van der Waals surface area contributed by atoms with E-state index in [0.29, 0.717) is 38.6 Å². The first-order valence-corrected chi connectivity index (χ1v) is 25.3. The number of ketones is 2. The van der Waals surface area contributed by atoms with Crippen molar-refractivity contribution in [2.24, 2.45) is 11.8 Å². The molecule has 0 aliphatic carbocycles. The van der Waals surface area contributed by atoms with Gasteiger partial charge in [0, 0.05) is 57.5 Å². The van der Waals surface area contributed by atoms with Crippen LogP contribution in [0.5, 0.6) is 0 Å². The summed E-state index contributed by atoms with van der Waals surface area (Å²) < 4.78 is 10.6. The Kier molecular flexibility index (Phi) is 39.8. The first-order valence-electron chi connectivity index (χ1n) is 25.3. The van der Waals surface area contributed by atoms with Crippen molar-refractivity contribution in [3.8, 4) is 0 Å². The molecular weight excluding hydrogens is 917 g/mol. The van der Waals surface area contributed by atoms with Gasteiger partial charge in [-0.05, 0) is 51.4 Å². The summed E-state index contributed by atoms with van der Waals surface area (Å²) >= 11 is 0. The number of ether oxygens (including phenoxy) is 2. The molecule has 0 aliphatic rings. The highest BCUT2D eigenvalue weighted by molar-refractivity contribution is 5.87. The molecule has 0 aliphatic heterocycles. The van der Waals surface area contributed by atoms with E-state index in [1.165, 1.54) is 32.1 Å². The molecule has 0 rings (SSSR count). The number of carboxylic acid groups (broad SMARTS) is 4. The number of rotatable bonds is 49. The number of hydrogen-bond acceptors (Lipinski definition) is 13. The van der Waals surface area contributed by atoms with Gasteiger partial charge in [0.15, 0.2) is 11.6 Å². The van der Waals surface area contributed by atoms with Crippen LogP contribution in [0.4, 0.5) is 0 Å². The second-order valence-corrected chi connectivity index (χ2v) is 17.7. The second kappa shape index (κ2) is 42.8. The number of aliphatic carboxylic acids is 4. The molecule has 70 heavy (non-hydrogen) atoms. The zero-order valence-corrected chi connectivity index (χ0v) is 41.5. The Morgan fingerprint density at radius 2 is 0.900 bits per heavy atom. The number of Topliss-reactive ketones (excluding diaryl/α,β-unsaturated/α-hetero) is 2. The smallest absolute Gasteiger partial charge is 0.326 e. The lowest BCUT2D eigenvalue weighted by atomic mass is 9.95. The standard InChI is InChI=1S/C49H84N4O17/c1-2-36(41(56)34-54)19-17-18-28-50-42(57)26-23-40(49(67)68)53-45(60)25-22-37(47(63)64)33-38(55)35-70-32-31-69-30-29-51-43(58)27-24-39(48(65)66)52-44(59)20-15-13-11-9-7-5-3-4-6-8-10-12-14-16-21-46(61)62/h36-37,39-40,54H,2-35H2,1H3,(H,50,57)(H,51,58)(H,52,59)(H,53,60)(H,61,62)(H,63,64)(H,65,66)(H,67,68)/t36-,37+,39-,40-/m0/s1. The van der Waals surface area contributed by atoms with Crippen LogP contribution in [0.1, 0.15) is 180 Å². The van der Waals surface area contributed by atoms with E-state index >= 15 is 0 Å². The Labute approximate surface area is 412 Å². The van der Waals surface area contributed by atoms with Gasteiger partial charge in [0.1, 0.15) is 25.3 Å². The number of carboxylic acids is 4. The molecule has 0 fully saturated rings. The summed E-state index contributed by atoms with van der Waals surface area (Å²) in [5.41, 5.74) is 0. The number of hydrogen-bond donors (Lipinski definition) is 9. The number of unbranched alkanes of at least 4 members (excludes halogenated alkanes) is 14. The molecule has 9 N–H and O–H groups in total. The lowest BCUT2D eigenvalue weighted by Gasteiger charge is -2.16. The van der Waals surface area contributed by atoms with Crippen molar-refractivity contribution >= 4 is 59.1 Å². The minimum Gasteiger partial charge on any atom is -0.481 e. The molecule has 21 heteroatoms. The maximum atomic E-state index is 12.5. The molecule has 402 valence electrons. The van der Waals surface area contributed by atoms with E-state index in [9.17, 15) is 63.3 Å². The lowest BCUT2D eigenvalue weighted by molar-refractivity contribution is -0.145. The van der Waals surface area contributed by atoms with Crippen molar-refractivity contribution in [3.05, 3.63) is 0 Å². The van der Waals surface area contributed by atoms with Crippen LogP contribution in [0.3, 0.4) is 0 Å². The molecule has 0 aromatic rings. The quantitative estimate of drug-likeness (QED) is 0.0380.